The summed E-state index contributed by atoms with van der Waals surface area (Å²) in [5.74, 6) is 0. The number of rotatable bonds is 2. The van der Waals surface area contributed by atoms with Gasteiger partial charge >= 0.3 is 18.9 Å². The molecule has 17 heavy (non-hydrogen) atoms. The van der Waals surface area contributed by atoms with Crippen molar-refractivity contribution in [2.45, 2.75) is 26.6 Å². The van der Waals surface area contributed by atoms with Crippen LogP contribution in [0, 0.1) is 6.92 Å². The van der Waals surface area contributed by atoms with Crippen LogP contribution < -0.4 is 18.9 Å². The van der Waals surface area contributed by atoms with Gasteiger partial charge in [-0.25, -0.2) is 0 Å². The van der Waals surface area contributed by atoms with E-state index in [1.54, 1.807) is 0 Å². The second-order valence-electron chi connectivity index (χ2n) is 5.08. The largest absolute Gasteiger partial charge is 1.00 e. The van der Waals surface area contributed by atoms with Crippen molar-refractivity contribution in [2.24, 2.45) is 0 Å². The maximum atomic E-state index is 4.84. The van der Waals surface area contributed by atoms with E-state index in [0.717, 1.165) is 16.9 Å². The molecule has 2 rings (SSSR count). The molecule has 84 valence electrons. The smallest absolute Gasteiger partial charge is 0.686 e. The number of aromatic nitrogens is 1. The summed E-state index contributed by atoms with van der Waals surface area (Å²) < 4.78 is 0. The molecule has 0 atom stereocenters. The van der Waals surface area contributed by atoms with Gasteiger partial charge < -0.3 is 4.98 Å². The molecule has 1 aromatic carbocycles. The van der Waals surface area contributed by atoms with Crippen molar-refractivity contribution in [1.29, 1.82) is 0 Å². The Kier molecular flexibility index (Phi) is 4.43. The van der Waals surface area contributed by atoms with Crippen molar-refractivity contribution < 1.29 is 18.9 Å². The van der Waals surface area contributed by atoms with E-state index in [-0.39, 0.29) is 18.9 Å². The third-order valence-corrected chi connectivity index (χ3v) is 3.21. The first kappa shape index (κ1) is 14.3. The van der Waals surface area contributed by atoms with Gasteiger partial charge in [-0.15, -0.1) is 5.69 Å². The molecule has 0 saturated carbocycles. The fourth-order valence-corrected chi connectivity index (χ4v) is 2.58. The molecule has 0 N–H and O–H groups in total. The molecule has 0 unspecified atom stereocenters. The molecule has 2 aromatic rings. The molecule has 0 bridgehead atoms. The van der Waals surface area contributed by atoms with Gasteiger partial charge in [-0.2, -0.15) is 0 Å². The van der Waals surface area contributed by atoms with Crippen molar-refractivity contribution in [2.75, 3.05) is 0 Å². The van der Waals surface area contributed by atoms with E-state index in [1.807, 2.05) is 13.0 Å². The van der Waals surface area contributed by atoms with Gasteiger partial charge in [0.1, 0.15) is 0 Å². The Morgan fingerprint density at radius 3 is 2.41 bits per heavy atom. The van der Waals surface area contributed by atoms with Crippen molar-refractivity contribution in [3.63, 3.8) is 0 Å². The van der Waals surface area contributed by atoms with Crippen LogP contribution in [-0.4, -0.2) is 13.2 Å². The summed E-state index contributed by atoms with van der Waals surface area (Å²) in [5.41, 5.74) is 3.12. The first-order valence-electron chi connectivity index (χ1n) is 5.55. The molecule has 0 aliphatic carbocycles. The number of hydrogen-bond acceptors (Lipinski definition) is 1. The minimum atomic E-state index is -1.45. The summed E-state index contributed by atoms with van der Waals surface area (Å²) in [5, 5.41) is 1.17. The fourth-order valence-electron chi connectivity index (χ4n) is 1.68. The minimum absolute atomic E-state index is 0. The average molecular weight is 236 g/mol. The van der Waals surface area contributed by atoms with E-state index >= 15 is 0 Å². The Bertz CT molecular complexity index is 520. The summed E-state index contributed by atoms with van der Waals surface area (Å²) in [6.07, 6.45) is 0. The van der Waals surface area contributed by atoms with E-state index in [9.17, 15) is 0 Å². The van der Waals surface area contributed by atoms with E-state index in [4.69, 9.17) is 4.98 Å². The molecule has 0 radical (unpaired) electrons. The Morgan fingerprint density at radius 1 is 1.06 bits per heavy atom. The van der Waals surface area contributed by atoms with Gasteiger partial charge in [0.25, 0.3) is 0 Å². The van der Waals surface area contributed by atoms with Crippen molar-refractivity contribution in [3.05, 3.63) is 41.0 Å². The molecule has 0 fully saturated rings. The topological polar surface area (TPSA) is 27.0 Å². The monoisotopic (exact) mass is 236 g/mol. The predicted octanol–water partition coefficient (Wildman–Crippen LogP) is 1.39. The normalized spacial score (nSPS) is 11.1. The molecule has 0 amide bonds. The number of benzene rings is 1. The number of aryl methyl sites for hydroxylation is 1. The SMILES string of the molecule is Cc1ccc2cccc([N-][Si](C)(C)C)c2n1.[Li+]. The Morgan fingerprint density at radius 2 is 1.76 bits per heavy atom. The summed E-state index contributed by atoms with van der Waals surface area (Å²) in [4.78, 5) is 9.43. The molecule has 0 aliphatic heterocycles. The maximum Gasteiger partial charge on any atom is 1.00 e. The van der Waals surface area contributed by atoms with Crippen LogP contribution in [0.2, 0.25) is 19.6 Å². The fraction of sp³-hybridized carbons (Fsp3) is 0.308. The Hall–Kier alpha value is -0.756. The van der Waals surface area contributed by atoms with Crippen LogP contribution in [0.4, 0.5) is 5.69 Å². The molecule has 1 aromatic heterocycles. The molecule has 0 aliphatic rings. The third kappa shape index (κ3) is 3.60. The van der Waals surface area contributed by atoms with E-state index < -0.39 is 8.24 Å². The van der Waals surface area contributed by atoms with E-state index in [1.165, 1.54) is 5.39 Å². The predicted molar refractivity (Wildman–Crippen MR) is 72.8 cm³/mol. The van der Waals surface area contributed by atoms with E-state index in [2.05, 4.69) is 48.9 Å². The van der Waals surface area contributed by atoms with Crippen LogP contribution >= 0.6 is 0 Å². The van der Waals surface area contributed by atoms with Gasteiger partial charge in [0, 0.05) is 5.69 Å². The standard InChI is InChI=1S/C13H17N2Si.Li/c1-10-8-9-11-6-5-7-12(13(11)14-10)15-16(2,3)4;/h5-9H,1-4H3;/q-1;+1. The van der Waals surface area contributed by atoms with Crippen LogP contribution in [-0.2, 0) is 0 Å². The summed E-state index contributed by atoms with van der Waals surface area (Å²) in [6, 6.07) is 10.4. The summed E-state index contributed by atoms with van der Waals surface area (Å²) >= 11 is 0. The van der Waals surface area contributed by atoms with Gasteiger partial charge in [0.2, 0.25) is 0 Å². The zero-order valence-electron chi connectivity index (χ0n) is 11.3. The summed E-state index contributed by atoms with van der Waals surface area (Å²) in [6.45, 7) is 8.73. The van der Waals surface area contributed by atoms with Gasteiger partial charge in [0.05, 0.1) is 5.52 Å². The zero-order chi connectivity index (χ0) is 11.8. The number of para-hydroxylation sites is 1. The molecular weight excluding hydrogens is 219 g/mol. The average Bonchev–Trinajstić information content (AvgIpc) is 2.17. The van der Waals surface area contributed by atoms with Gasteiger partial charge in [-0.1, -0.05) is 43.9 Å². The zero-order valence-corrected chi connectivity index (χ0v) is 12.3. The second kappa shape index (κ2) is 5.26. The van der Waals surface area contributed by atoms with Crippen LogP contribution in [0.15, 0.2) is 30.3 Å². The van der Waals surface area contributed by atoms with Crippen LogP contribution in [0.25, 0.3) is 15.9 Å². The number of hydrogen-bond donors (Lipinski definition) is 0. The Labute approximate surface area is 116 Å². The minimum Gasteiger partial charge on any atom is -0.686 e. The Balaban J connectivity index is 0.00000144. The van der Waals surface area contributed by atoms with Crippen molar-refractivity contribution >= 4 is 24.8 Å². The third-order valence-electron chi connectivity index (χ3n) is 2.29. The van der Waals surface area contributed by atoms with Crippen LogP contribution in [0.1, 0.15) is 5.69 Å². The molecule has 4 heteroatoms. The molecule has 2 nitrogen and oxygen atoms in total. The van der Waals surface area contributed by atoms with Crippen molar-refractivity contribution in [1.82, 2.24) is 4.98 Å². The van der Waals surface area contributed by atoms with Gasteiger partial charge in [-0.05, 0) is 26.6 Å². The summed E-state index contributed by atoms with van der Waals surface area (Å²) in [7, 11) is -1.45. The van der Waals surface area contributed by atoms with Gasteiger partial charge in [0.15, 0.2) is 0 Å². The molecule has 1 heterocycles. The first-order chi connectivity index (χ1) is 7.46. The number of nitrogens with zero attached hydrogens (tertiary/aromatic N) is 2. The molecule has 0 spiro atoms. The molecular formula is C13H17LiN2Si. The van der Waals surface area contributed by atoms with Crippen molar-refractivity contribution in [3.8, 4) is 0 Å². The molecule has 0 saturated heterocycles. The number of pyridine rings is 1. The first-order valence-corrected chi connectivity index (χ1v) is 9.00. The van der Waals surface area contributed by atoms with Gasteiger partial charge in [-0.3, -0.25) is 4.98 Å². The van der Waals surface area contributed by atoms with Crippen LogP contribution in [0.3, 0.4) is 0 Å². The maximum absolute atomic E-state index is 4.84. The van der Waals surface area contributed by atoms with Crippen LogP contribution in [0.5, 0.6) is 0 Å². The quantitative estimate of drug-likeness (QED) is 0.724. The second-order valence-corrected chi connectivity index (χ2v) is 9.65. The number of fused-ring (bicyclic) bond motifs is 1. The van der Waals surface area contributed by atoms with E-state index in [0.29, 0.717) is 0 Å².